The lowest BCUT2D eigenvalue weighted by Gasteiger charge is -2.13. The number of halogens is 1. The van der Waals surface area contributed by atoms with Crippen molar-refractivity contribution in [2.45, 2.75) is 32.2 Å². The molecule has 1 aliphatic rings. The first-order chi connectivity index (χ1) is 7.16. The van der Waals surface area contributed by atoms with Crippen LogP contribution in [-0.2, 0) is 4.79 Å². The van der Waals surface area contributed by atoms with Gasteiger partial charge in [0, 0.05) is 6.04 Å². The number of nitrogens with two attached hydrogens (primary N) is 1. The lowest BCUT2D eigenvalue weighted by atomic mass is 10.0. The van der Waals surface area contributed by atoms with Crippen LogP contribution in [0.4, 0.5) is 5.13 Å². The molecular formula is C9H15ClN4OS. The molecule has 16 heavy (non-hydrogen) atoms. The predicted octanol–water partition coefficient (Wildman–Crippen LogP) is 1.33. The minimum atomic E-state index is -0.0609. The number of aromatic nitrogens is 2. The third-order valence-electron chi connectivity index (χ3n) is 2.66. The average Bonchev–Trinajstić information content (AvgIpc) is 2.75. The van der Waals surface area contributed by atoms with Gasteiger partial charge >= 0.3 is 0 Å². The van der Waals surface area contributed by atoms with E-state index in [4.69, 9.17) is 5.73 Å². The number of carbonyl (C=O) groups excluding carboxylic acids is 1. The number of nitrogens with zero attached hydrogens (tertiary/aromatic N) is 2. The van der Waals surface area contributed by atoms with E-state index in [1.807, 2.05) is 6.92 Å². The summed E-state index contributed by atoms with van der Waals surface area (Å²) in [6.45, 7) is 1.86. The van der Waals surface area contributed by atoms with Gasteiger partial charge in [-0.05, 0) is 19.8 Å². The van der Waals surface area contributed by atoms with E-state index in [2.05, 4.69) is 15.5 Å². The van der Waals surface area contributed by atoms with E-state index in [-0.39, 0.29) is 30.3 Å². The molecule has 1 aromatic heterocycles. The fourth-order valence-corrected chi connectivity index (χ4v) is 2.45. The molecule has 1 fully saturated rings. The second-order valence-electron chi connectivity index (χ2n) is 3.82. The van der Waals surface area contributed by atoms with Gasteiger partial charge in [0.15, 0.2) is 0 Å². The zero-order chi connectivity index (χ0) is 10.8. The van der Waals surface area contributed by atoms with Crippen LogP contribution in [0.1, 0.15) is 24.3 Å². The minimum Gasteiger partial charge on any atom is -0.327 e. The number of rotatable bonds is 2. The van der Waals surface area contributed by atoms with Gasteiger partial charge in [0.25, 0.3) is 0 Å². The highest BCUT2D eigenvalue weighted by Crippen LogP contribution is 2.25. The first-order valence-corrected chi connectivity index (χ1v) is 5.85. The molecule has 1 amide bonds. The molecular weight excluding hydrogens is 248 g/mol. The second-order valence-corrected chi connectivity index (χ2v) is 5.00. The largest absolute Gasteiger partial charge is 0.327 e. The molecule has 2 rings (SSSR count). The number of amides is 1. The van der Waals surface area contributed by atoms with Gasteiger partial charge in [-0.15, -0.1) is 22.6 Å². The Hall–Kier alpha value is -0.720. The van der Waals surface area contributed by atoms with Crippen LogP contribution in [0.3, 0.4) is 0 Å². The third kappa shape index (κ3) is 2.90. The van der Waals surface area contributed by atoms with Crippen molar-refractivity contribution in [2.75, 3.05) is 5.32 Å². The summed E-state index contributed by atoms with van der Waals surface area (Å²) in [4.78, 5) is 11.8. The molecule has 5 nitrogen and oxygen atoms in total. The maximum Gasteiger partial charge on any atom is 0.230 e. The maximum absolute atomic E-state index is 11.8. The summed E-state index contributed by atoms with van der Waals surface area (Å²) in [6.07, 6.45) is 2.85. The topological polar surface area (TPSA) is 80.9 Å². The molecule has 3 N–H and O–H groups in total. The van der Waals surface area contributed by atoms with Gasteiger partial charge in [-0.2, -0.15) is 0 Å². The summed E-state index contributed by atoms with van der Waals surface area (Å²) < 4.78 is 0. The molecule has 1 aliphatic carbocycles. The van der Waals surface area contributed by atoms with Crippen molar-refractivity contribution in [2.24, 2.45) is 11.7 Å². The SMILES string of the molecule is Cc1nnc(NC(=O)C2CCCC2N)s1.Cl. The van der Waals surface area contributed by atoms with Crippen LogP contribution in [0.2, 0.25) is 0 Å². The third-order valence-corrected chi connectivity index (χ3v) is 3.42. The quantitative estimate of drug-likeness (QED) is 0.843. The molecule has 0 spiro atoms. The molecule has 1 aromatic rings. The highest BCUT2D eigenvalue weighted by Gasteiger charge is 2.30. The molecule has 2 atom stereocenters. The number of anilines is 1. The standard InChI is InChI=1S/C9H14N4OS.ClH/c1-5-12-13-9(15-5)11-8(14)6-3-2-4-7(6)10;/h6-7H,2-4,10H2,1H3,(H,11,13,14);1H. The van der Waals surface area contributed by atoms with Gasteiger partial charge in [0.2, 0.25) is 11.0 Å². The van der Waals surface area contributed by atoms with Crippen LogP contribution in [0.5, 0.6) is 0 Å². The lowest BCUT2D eigenvalue weighted by molar-refractivity contribution is -0.120. The Morgan fingerprint density at radius 3 is 2.75 bits per heavy atom. The first-order valence-electron chi connectivity index (χ1n) is 5.03. The minimum absolute atomic E-state index is 0. The van der Waals surface area contributed by atoms with Gasteiger partial charge in [-0.25, -0.2) is 0 Å². The van der Waals surface area contributed by atoms with Crippen LogP contribution in [-0.4, -0.2) is 22.1 Å². The van der Waals surface area contributed by atoms with Gasteiger partial charge < -0.3 is 11.1 Å². The van der Waals surface area contributed by atoms with E-state index in [9.17, 15) is 4.79 Å². The molecule has 90 valence electrons. The first kappa shape index (κ1) is 13.3. The number of nitrogens with one attached hydrogen (secondary N) is 1. The molecule has 2 unspecified atom stereocenters. The van der Waals surface area contributed by atoms with E-state index in [0.717, 1.165) is 24.3 Å². The van der Waals surface area contributed by atoms with Crippen LogP contribution >= 0.6 is 23.7 Å². The van der Waals surface area contributed by atoms with Crippen molar-refractivity contribution >= 4 is 34.8 Å². The molecule has 0 aromatic carbocycles. The summed E-state index contributed by atoms with van der Waals surface area (Å²) in [6, 6.07) is -0.000909. The molecule has 1 heterocycles. The summed E-state index contributed by atoms with van der Waals surface area (Å²) in [5.41, 5.74) is 5.85. The van der Waals surface area contributed by atoms with Gasteiger partial charge in [-0.3, -0.25) is 4.79 Å². The molecule has 0 aliphatic heterocycles. The fraction of sp³-hybridized carbons (Fsp3) is 0.667. The smallest absolute Gasteiger partial charge is 0.230 e. The Labute approximate surface area is 104 Å². The summed E-state index contributed by atoms with van der Waals surface area (Å²) in [5, 5.41) is 11.9. The zero-order valence-electron chi connectivity index (χ0n) is 8.97. The second kappa shape index (κ2) is 5.56. The Kier molecular flexibility index (Phi) is 4.64. The summed E-state index contributed by atoms with van der Waals surface area (Å²) in [7, 11) is 0. The van der Waals surface area contributed by atoms with Crippen LogP contribution in [0.15, 0.2) is 0 Å². The Morgan fingerprint density at radius 2 is 2.25 bits per heavy atom. The number of carbonyl (C=O) groups is 1. The molecule has 0 saturated heterocycles. The van der Waals surface area contributed by atoms with Gasteiger partial charge in [0.1, 0.15) is 5.01 Å². The van der Waals surface area contributed by atoms with E-state index in [0.29, 0.717) is 5.13 Å². The van der Waals surface area contributed by atoms with Crippen LogP contribution < -0.4 is 11.1 Å². The van der Waals surface area contributed by atoms with Crippen molar-refractivity contribution in [1.29, 1.82) is 0 Å². The number of aryl methyl sites for hydroxylation is 1. The molecule has 0 bridgehead atoms. The highest BCUT2D eigenvalue weighted by molar-refractivity contribution is 7.15. The lowest BCUT2D eigenvalue weighted by Crippen LogP contribution is -2.34. The highest BCUT2D eigenvalue weighted by atomic mass is 35.5. The van der Waals surface area contributed by atoms with E-state index < -0.39 is 0 Å². The predicted molar refractivity (Wildman–Crippen MR) is 65.8 cm³/mol. The maximum atomic E-state index is 11.8. The fourth-order valence-electron chi connectivity index (χ4n) is 1.86. The summed E-state index contributed by atoms with van der Waals surface area (Å²) in [5.74, 6) is -0.0784. The number of hydrogen-bond donors (Lipinski definition) is 2. The van der Waals surface area contributed by atoms with E-state index >= 15 is 0 Å². The van der Waals surface area contributed by atoms with Crippen LogP contribution in [0.25, 0.3) is 0 Å². The van der Waals surface area contributed by atoms with Crippen molar-refractivity contribution in [3.05, 3.63) is 5.01 Å². The van der Waals surface area contributed by atoms with Crippen molar-refractivity contribution in [3.63, 3.8) is 0 Å². The Morgan fingerprint density at radius 1 is 1.50 bits per heavy atom. The Bertz CT molecular complexity index is 370. The van der Waals surface area contributed by atoms with Gasteiger partial charge in [0.05, 0.1) is 5.92 Å². The monoisotopic (exact) mass is 262 g/mol. The molecule has 0 radical (unpaired) electrons. The van der Waals surface area contributed by atoms with Crippen molar-refractivity contribution in [3.8, 4) is 0 Å². The average molecular weight is 263 g/mol. The van der Waals surface area contributed by atoms with E-state index in [1.54, 1.807) is 0 Å². The Balaban J connectivity index is 0.00000128. The zero-order valence-corrected chi connectivity index (χ0v) is 10.6. The summed E-state index contributed by atoms with van der Waals surface area (Å²) >= 11 is 1.38. The normalized spacial score (nSPS) is 23.9. The van der Waals surface area contributed by atoms with Crippen molar-refractivity contribution < 1.29 is 4.79 Å². The molecule has 7 heteroatoms. The molecule has 1 saturated carbocycles. The number of hydrogen-bond acceptors (Lipinski definition) is 5. The van der Waals surface area contributed by atoms with E-state index in [1.165, 1.54) is 11.3 Å². The van der Waals surface area contributed by atoms with Crippen molar-refractivity contribution in [1.82, 2.24) is 10.2 Å². The van der Waals surface area contributed by atoms with Crippen LogP contribution in [0, 0.1) is 12.8 Å². The van der Waals surface area contributed by atoms with Gasteiger partial charge in [-0.1, -0.05) is 17.8 Å².